The van der Waals surface area contributed by atoms with Crippen LogP contribution >= 0.6 is 0 Å². The molecule has 1 unspecified atom stereocenters. The number of aryl methyl sites for hydroxylation is 1. The number of anilines is 1. The van der Waals surface area contributed by atoms with Crippen LogP contribution in [-0.2, 0) is 0 Å². The van der Waals surface area contributed by atoms with E-state index in [1.807, 2.05) is 6.92 Å². The minimum Gasteiger partial charge on any atom is -0.368 e. The molecule has 18 heavy (non-hydrogen) atoms. The Morgan fingerprint density at radius 3 is 2.67 bits per heavy atom. The molecule has 100 valence electrons. The largest absolute Gasteiger partial charge is 0.368 e. The third-order valence-corrected chi connectivity index (χ3v) is 3.52. The highest BCUT2D eigenvalue weighted by molar-refractivity contribution is 5.38. The summed E-state index contributed by atoms with van der Waals surface area (Å²) < 4.78 is 0. The molecule has 1 aromatic heterocycles. The van der Waals surface area contributed by atoms with Gasteiger partial charge in [0.1, 0.15) is 5.82 Å². The van der Waals surface area contributed by atoms with Gasteiger partial charge in [-0.15, -0.1) is 0 Å². The smallest absolute Gasteiger partial charge is 0.147 e. The lowest BCUT2D eigenvalue weighted by molar-refractivity contribution is 0.204. The molecule has 0 spiro atoms. The summed E-state index contributed by atoms with van der Waals surface area (Å²) >= 11 is 0. The Kier molecular flexibility index (Phi) is 4.93. The van der Waals surface area contributed by atoms with Crippen molar-refractivity contribution in [2.24, 2.45) is 5.92 Å². The first-order valence-corrected chi connectivity index (χ1v) is 6.99. The van der Waals surface area contributed by atoms with Crippen LogP contribution in [0.25, 0.3) is 0 Å². The van der Waals surface area contributed by atoms with Gasteiger partial charge in [0, 0.05) is 25.5 Å². The van der Waals surface area contributed by atoms with E-state index in [-0.39, 0.29) is 0 Å². The second kappa shape index (κ2) is 6.69. The van der Waals surface area contributed by atoms with Gasteiger partial charge in [0.05, 0.1) is 5.69 Å². The topological polar surface area (TPSA) is 41.1 Å². The lowest BCUT2D eigenvalue weighted by Gasteiger charge is -2.29. The Balaban J connectivity index is 1.74. The number of nitrogens with zero attached hydrogens (tertiary/aromatic N) is 3. The predicted octanol–water partition coefficient (Wildman–Crippen LogP) is 2.32. The number of nitrogens with one attached hydrogen (secondary N) is 1. The summed E-state index contributed by atoms with van der Waals surface area (Å²) in [5.74, 6) is 1.56. The molecular weight excluding hydrogens is 224 g/mol. The molecule has 0 amide bonds. The zero-order chi connectivity index (χ0) is 12.8. The maximum absolute atomic E-state index is 4.31. The Hall–Kier alpha value is -1.16. The molecule has 1 aliphatic heterocycles. The number of hydrogen-bond acceptors (Lipinski definition) is 4. The van der Waals surface area contributed by atoms with E-state index in [4.69, 9.17) is 0 Å². The van der Waals surface area contributed by atoms with Crippen molar-refractivity contribution in [1.29, 1.82) is 0 Å². The molecule has 1 fully saturated rings. The summed E-state index contributed by atoms with van der Waals surface area (Å²) in [6, 6.07) is 0. The van der Waals surface area contributed by atoms with Crippen LogP contribution in [0.4, 0.5) is 5.82 Å². The van der Waals surface area contributed by atoms with Crippen LogP contribution in [0.5, 0.6) is 0 Å². The van der Waals surface area contributed by atoms with Gasteiger partial charge < -0.3 is 10.2 Å². The molecule has 1 aliphatic rings. The first kappa shape index (κ1) is 13.3. The Bertz CT molecular complexity index is 361. The van der Waals surface area contributed by atoms with E-state index in [1.54, 1.807) is 12.4 Å². The van der Waals surface area contributed by atoms with Gasteiger partial charge >= 0.3 is 0 Å². The van der Waals surface area contributed by atoms with Crippen LogP contribution < -0.4 is 5.32 Å². The van der Waals surface area contributed by atoms with E-state index in [9.17, 15) is 0 Å². The Morgan fingerprint density at radius 2 is 1.94 bits per heavy atom. The first-order valence-electron chi connectivity index (χ1n) is 6.99. The molecule has 0 aliphatic carbocycles. The molecule has 1 atom stereocenters. The average Bonchev–Trinajstić information content (AvgIpc) is 2.39. The highest BCUT2D eigenvalue weighted by atomic mass is 15.1. The van der Waals surface area contributed by atoms with Gasteiger partial charge in [-0.05, 0) is 38.8 Å². The number of hydrogen-bond donors (Lipinski definition) is 1. The van der Waals surface area contributed by atoms with Crippen LogP contribution in [0.2, 0.25) is 0 Å². The normalized spacial score (nSPS) is 18.6. The number of rotatable bonds is 5. The van der Waals surface area contributed by atoms with Crippen LogP contribution in [-0.4, -0.2) is 41.0 Å². The SMILES string of the molecule is Cc1nccnc1NCC(C)CN1CCCCC1. The molecule has 2 rings (SSSR count). The van der Waals surface area contributed by atoms with E-state index in [2.05, 4.69) is 27.1 Å². The lowest BCUT2D eigenvalue weighted by atomic mass is 10.1. The van der Waals surface area contributed by atoms with Crippen molar-refractivity contribution in [2.75, 3.05) is 31.5 Å². The van der Waals surface area contributed by atoms with E-state index in [0.29, 0.717) is 5.92 Å². The van der Waals surface area contributed by atoms with Gasteiger partial charge in [-0.25, -0.2) is 4.98 Å². The van der Waals surface area contributed by atoms with E-state index < -0.39 is 0 Å². The van der Waals surface area contributed by atoms with Gasteiger partial charge in [-0.1, -0.05) is 13.3 Å². The van der Waals surface area contributed by atoms with Gasteiger partial charge in [-0.3, -0.25) is 4.98 Å². The fourth-order valence-electron chi connectivity index (χ4n) is 2.50. The fourth-order valence-corrected chi connectivity index (χ4v) is 2.50. The maximum Gasteiger partial charge on any atom is 0.147 e. The summed E-state index contributed by atoms with van der Waals surface area (Å²) in [5.41, 5.74) is 0.975. The molecule has 4 heteroatoms. The summed E-state index contributed by atoms with van der Waals surface area (Å²) in [7, 11) is 0. The number of likely N-dealkylation sites (tertiary alicyclic amines) is 1. The van der Waals surface area contributed by atoms with Crippen LogP contribution in [0.15, 0.2) is 12.4 Å². The molecule has 0 bridgehead atoms. The van der Waals surface area contributed by atoms with Crippen LogP contribution in [0.1, 0.15) is 31.9 Å². The molecule has 1 saturated heterocycles. The van der Waals surface area contributed by atoms with Gasteiger partial charge in [0.15, 0.2) is 0 Å². The highest BCUT2D eigenvalue weighted by Crippen LogP contribution is 2.12. The maximum atomic E-state index is 4.31. The average molecular weight is 248 g/mol. The molecule has 0 saturated carbocycles. The molecular formula is C14H24N4. The van der Waals surface area contributed by atoms with Crippen LogP contribution in [0, 0.1) is 12.8 Å². The fraction of sp³-hybridized carbons (Fsp3) is 0.714. The third-order valence-electron chi connectivity index (χ3n) is 3.52. The van der Waals surface area contributed by atoms with E-state index >= 15 is 0 Å². The standard InChI is InChI=1S/C14H24N4/c1-12(11-18-8-4-3-5-9-18)10-17-14-13(2)15-6-7-16-14/h6-7,12H,3-5,8-11H2,1-2H3,(H,16,17). The summed E-state index contributed by atoms with van der Waals surface area (Å²) in [4.78, 5) is 11.1. The Labute approximate surface area is 110 Å². The monoisotopic (exact) mass is 248 g/mol. The minimum absolute atomic E-state index is 0.643. The number of piperidine rings is 1. The number of aromatic nitrogens is 2. The minimum atomic E-state index is 0.643. The van der Waals surface area contributed by atoms with Crippen molar-refractivity contribution in [2.45, 2.75) is 33.1 Å². The second-order valence-electron chi connectivity index (χ2n) is 5.34. The van der Waals surface area contributed by atoms with Crippen LogP contribution in [0.3, 0.4) is 0 Å². The van der Waals surface area contributed by atoms with Crippen molar-refractivity contribution in [3.05, 3.63) is 18.1 Å². The summed E-state index contributed by atoms with van der Waals surface area (Å²) in [6.07, 6.45) is 7.61. The van der Waals surface area contributed by atoms with E-state index in [0.717, 1.165) is 18.1 Å². The predicted molar refractivity (Wildman–Crippen MR) is 74.7 cm³/mol. The zero-order valence-corrected chi connectivity index (χ0v) is 11.5. The summed E-state index contributed by atoms with van der Waals surface area (Å²) in [5, 5.41) is 3.40. The zero-order valence-electron chi connectivity index (χ0n) is 11.5. The molecule has 1 aromatic rings. The van der Waals surface area contributed by atoms with Gasteiger partial charge in [0.2, 0.25) is 0 Å². The van der Waals surface area contributed by atoms with Crippen molar-refractivity contribution in [3.63, 3.8) is 0 Å². The van der Waals surface area contributed by atoms with Crippen molar-refractivity contribution in [3.8, 4) is 0 Å². The molecule has 1 N–H and O–H groups in total. The second-order valence-corrected chi connectivity index (χ2v) is 5.34. The van der Waals surface area contributed by atoms with Gasteiger partial charge in [-0.2, -0.15) is 0 Å². The Morgan fingerprint density at radius 1 is 1.22 bits per heavy atom. The molecule has 2 heterocycles. The molecule has 0 aromatic carbocycles. The highest BCUT2D eigenvalue weighted by Gasteiger charge is 2.13. The lowest BCUT2D eigenvalue weighted by Crippen LogP contribution is -2.35. The molecule has 0 radical (unpaired) electrons. The van der Waals surface area contributed by atoms with Crippen molar-refractivity contribution < 1.29 is 0 Å². The molecule has 4 nitrogen and oxygen atoms in total. The van der Waals surface area contributed by atoms with Crippen molar-refractivity contribution >= 4 is 5.82 Å². The quantitative estimate of drug-likeness (QED) is 0.868. The van der Waals surface area contributed by atoms with Crippen molar-refractivity contribution in [1.82, 2.24) is 14.9 Å². The first-order chi connectivity index (χ1) is 8.75. The van der Waals surface area contributed by atoms with Gasteiger partial charge in [0.25, 0.3) is 0 Å². The third kappa shape index (κ3) is 3.95. The summed E-state index contributed by atoms with van der Waals surface area (Å²) in [6.45, 7) is 8.99. The van der Waals surface area contributed by atoms with E-state index in [1.165, 1.54) is 38.9 Å².